The van der Waals surface area contributed by atoms with E-state index in [0.717, 1.165) is 54.9 Å². The van der Waals surface area contributed by atoms with E-state index in [1.54, 1.807) is 0 Å². The van der Waals surface area contributed by atoms with Gasteiger partial charge in [-0.15, -0.1) is 0 Å². The van der Waals surface area contributed by atoms with Crippen molar-refractivity contribution in [2.75, 3.05) is 41.3 Å². The first-order valence-electron chi connectivity index (χ1n) is 12.8. The lowest BCUT2D eigenvalue weighted by Crippen LogP contribution is -2.36. The third-order valence-corrected chi connectivity index (χ3v) is 7.30. The molecule has 2 aliphatic rings. The molecule has 0 saturated carbocycles. The van der Waals surface area contributed by atoms with Gasteiger partial charge >= 0.3 is 0 Å². The average Bonchev–Trinajstić information content (AvgIpc) is 3.37. The third-order valence-electron chi connectivity index (χ3n) is 6.80. The van der Waals surface area contributed by atoms with Gasteiger partial charge in [-0.25, -0.2) is 0 Å². The number of hydrogen-bond donors (Lipinski definition) is 2. The maximum atomic E-state index is 5.99. The Balaban J connectivity index is 1.26. The Bertz CT molecular complexity index is 1180. The van der Waals surface area contributed by atoms with Gasteiger partial charge in [0.1, 0.15) is 23.2 Å². The van der Waals surface area contributed by atoms with Crippen LogP contribution in [0.1, 0.15) is 44.8 Å². The van der Waals surface area contributed by atoms with Crippen molar-refractivity contribution in [2.24, 2.45) is 5.92 Å². The van der Waals surface area contributed by atoms with Gasteiger partial charge in [-0.05, 0) is 86.6 Å². The fraction of sp³-hybridized carbons (Fsp3) is 0.444. The van der Waals surface area contributed by atoms with Crippen LogP contribution in [0.2, 0.25) is 5.02 Å². The molecule has 9 heteroatoms. The summed E-state index contributed by atoms with van der Waals surface area (Å²) in [5.41, 5.74) is 0.980. The topological polar surface area (TPSA) is 69.5 Å². The first-order chi connectivity index (χ1) is 17.5. The highest BCUT2D eigenvalue weighted by Gasteiger charge is 2.21. The molecule has 2 aliphatic heterocycles. The lowest BCUT2D eigenvalue weighted by atomic mass is 10.0. The Labute approximate surface area is 223 Å². The summed E-state index contributed by atoms with van der Waals surface area (Å²) in [5, 5.41) is 7.61. The smallest absolute Gasteiger partial charge is 0.232 e. The minimum absolute atomic E-state index is 0.460. The second kappa shape index (κ2) is 11.5. The van der Waals surface area contributed by atoms with E-state index in [4.69, 9.17) is 38.2 Å². The molecule has 7 nitrogen and oxygen atoms in total. The lowest BCUT2D eigenvalue weighted by Gasteiger charge is -2.33. The van der Waals surface area contributed by atoms with Crippen molar-refractivity contribution in [3.8, 4) is 11.3 Å². The van der Waals surface area contributed by atoms with Crippen LogP contribution in [0.4, 0.5) is 17.6 Å². The molecule has 0 unspecified atom stereocenters. The van der Waals surface area contributed by atoms with Crippen LogP contribution in [0.3, 0.4) is 0 Å². The van der Waals surface area contributed by atoms with E-state index in [0.29, 0.717) is 28.5 Å². The highest BCUT2D eigenvalue weighted by Crippen LogP contribution is 2.28. The summed E-state index contributed by atoms with van der Waals surface area (Å²) in [6, 6.07) is 13.6. The molecule has 2 saturated heterocycles. The van der Waals surface area contributed by atoms with Crippen LogP contribution in [0.25, 0.3) is 11.3 Å². The number of benzene rings is 1. The fourth-order valence-electron chi connectivity index (χ4n) is 4.88. The van der Waals surface area contributed by atoms with E-state index in [9.17, 15) is 0 Å². The van der Waals surface area contributed by atoms with Gasteiger partial charge in [0.25, 0.3) is 0 Å². The Hall–Kier alpha value is -2.84. The molecule has 2 N–H and O–H groups in total. The zero-order valence-corrected chi connectivity index (χ0v) is 22.2. The number of aromatic nitrogens is 2. The Kier molecular flexibility index (Phi) is 7.92. The summed E-state index contributed by atoms with van der Waals surface area (Å²) in [7, 11) is 0. The minimum atomic E-state index is 0.460. The molecule has 0 spiro atoms. The maximum absolute atomic E-state index is 5.99. The number of rotatable bonds is 6. The van der Waals surface area contributed by atoms with Gasteiger partial charge < -0.3 is 24.9 Å². The number of nitrogens with zero attached hydrogens (tertiary/aromatic N) is 4. The molecular weight excluding hydrogens is 492 g/mol. The van der Waals surface area contributed by atoms with Gasteiger partial charge in [-0.2, -0.15) is 9.97 Å². The second-order valence-electron chi connectivity index (χ2n) is 9.73. The summed E-state index contributed by atoms with van der Waals surface area (Å²) in [6.07, 6.45) is 6.14. The molecule has 3 aromatic rings. The molecule has 0 radical (unpaired) electrons. The van der Waals surface area contributed by atoms with Crippen molar-refractivity contribution >= 4 is 46.5 Å². The number of halogens is 1. The molecular formula is C27H33ClN6OS. The predicted molar refractivity (Wildman–Crippen MR) is 151 cm³/mol. The number of hydrogen-bond acceptors (Lipinski definition) is 6. The van der Waals surface area contributed by atoms with Crippen molar-refractivity contribution in [1.82, 2.24) is 15.3 Å². The zero-order valence-electron chi connectivity index (χ0n) is 20.7. The number of piperidine rings is 2. The summed E-state index contributed by atoms with van der Waals surface area (Å²) in [5.74, 6) is 4.72. The van der Waals surface area contributed by atoms with Gasteiger partial charge in [-0.1, -0.05) is 18.5 Å². The third kappa shape index (κ3) is 6.28. The minimum Gasteiger partial charge on any atom is -0.459 e. The molecule has 190 valence electrons. The Morgan fingerprint density at radius 3 is 2.47 bits per heavy atom. The van der Waals surface area contributed by atoms with Crippen LogP contribution < -0.4 is 20.4 Å². The molecule has 4 heterocycles. The highest BCUT2D eigenvalue weighted by atomic mass is 35.5. The molecule has 0 bridgehead atoms. The van der Waals surface area contributed by atoms with E-state index < -0.39 is 0 Å². The quantitative estimate of drug-likeness (QED) is 0.375. The van der Waals surface area contributed by atoms with E-state index >= 15 is 0 Å². The second-order valence-corrected chi connectivity index (χ2v) is 10.6. The fourth-order valence-corrected chi connectivity index (χ4v) is 5.17. The molecule has 5 rings (SSSR count). The van der Waals surface area contributed by atoms with Gasteiger partial charge in [0.05, 0.1) is 6.54 Å². The monoisotopic (exact) mass is 524 g/mol. The number of anilines is 3. The molecule has 0 aliphatic carbocycles. The highest BCUT2D eigenvalue weighted by molar-refractivity contribution is 7.80. The summed E-state index contributed by atoms with van der Waals surface area (Å²) in [6.45, 7) is 6.88. The van der Waals surface area contributed by atoms with Crippen molar-refractivity contribution in [2.45, 2.75) is 45.6 Å². The number of thiocarbonyl (C=S) groups is 1. The lowest BCUT2D eigenvalue weighted by molar-refractivity contribution is 0.444. The normalized spacial score (nSPS) is 18.2. The molecule has 36 heavy (non-hydrogen) atoms. The van der Waals surface area contributed by atoms with Crippen molar-refractivity contribution in [3.05, 3.63) is 53.2 Å². The van der Waals surface area contributed by atoms with Crippen LogP contribution in [-0.2, 0) is 6.54 Å². The van der Waals surface area contributed by atoms with Gasteiger partial charge in [0.15, 0.2) is 5.11 Å². The van der Waals surface area contributed by atoms with E-state index in [-0.39, 0.29) is 0 Å². The summed E-state index contributed by atoms with van der Waals surface area (Å²) < 4.78 is 5.98. The SMILES string of the molecule is C[C@H]1CCCN(c2cc(N3CCCCC3)nc(NC(=S)NCc3ccc(-c4ccc(Cl)cc4)o3)n2)C1. The first kappa shape index (κ1) is 24.8. The van der Waals surface area contributed by atoms with Crippen molar-refractivity contribution < 1.29 is 4.42 Å². The Morgan fingerprint density at radius 1 is 1.00 bits per heavy atom. The van der Waals surface area contributed by atoms with Crippen LogP contribution in [0.5, 0.6) is 0 Å². The molecule has 2 fully saturated rings. The van der Waals surface area contributed by atoms with Crippen molar-refractivity contribution in [1.29, 1.82) is 0 Å². The maximum Gasteiger partial charge on any atom is 0.232 e. The van der Waals surface area contributed by atoms with Crippen LogP contribution >= 0.6 is 23.8 Å². The molecule has 0 amide bonds. The van der Waals surface area contributed by atoms with E-state index in [1.807, 2.05) is 36.4 Å². The number of furan rings is 1. The van der Waals surface area contributed by atoms with E-state index in [2.05, 4.69) is 33.4 Å². The van der Waals surface area contributed by atoms with Crippen LogP contribution in [0, 0.1) is 5.92 Å². The van der Waals surface area contributed by atoms with Gasteiger partial charge in [0.2, 0.25) is 5.95 Å². The van der Waals surface area contributed by atoms with Crippen molar-refractivity contribution in [3.63, 3.8) is 0 Å². The molecule has 1 aromatic carbocycles. The summed E-state index contributed by atoms with van der Waals surface area (Å²) in [4.78, 5) is 14.4. The van der Waals surface area contributed by atoms with Crippen LogP contribution in [0.15, 0.2) is 46.9 Å². The largest absolute Gasteiger partial charge is 0.459 e. The predicted octanol–water partition coefficient (Wildman–Crippen LogP) is 6.10. The number of nitrogens with one attached hydrogen (secondary N) is 2. The summed E-state index contributed by atoms with van der Waals surface area (Å²) >= 11 is 11.6. The first-order valence-corrected chi connectivity index (χ1v) is 13.6. The zero-order chi connectivity index (χ0) is 24.9. The standard InChI is InChI=1S/C27H33ClN6OS/c1-19-6-5-15-34(18-19)25-16-24(33-13-3-2-4-14-33)30-26(31-25)32-27(36)29-17-22-11-12-23(35-22)20-7-9-21(28)10-8-20/h7-12,16,19H,2-6,13-15,17-18H2,1H3,(H2,29,30,31,32,36)/t19-/m0/s1. The van der Waals surface area contributed by atoms with Gasteiger partial charge in [-0.3, -0.25) is 0 Å². The van der Waals surface area contributed by atoms with Crippen LogP contribution in [-0.4, -0.2) is 41.3 Å². The Morgan fingerprint density at radius 2 is 1.72 bits per heavy atom. The van der Waals surface area contributed by atoms with E-state index in [1.165, 1.54) is 32.1 Å². The molecule has 1 atom stereocenters. The average molecular weight is 525 g/mol. The molecule has 2 aromatic heterocycles. The van der Waals surface area contributed by atoms with Gasteiger partial charge in [0, 0.05) is 42.8 Å².